The Balaban J connectivity index is 2.02. The number of likely N-dealkylation sites (N-methyl/N-ethyl adjacent to an activating group) is 1. The van der Waals surface area contributed by atoms with E-state index in [2.05, 4.69) is 9.97 Å². The van der Waals surface area contributed by atoms with E-state index >= 15 is 0 Å². The summed E-state index contributed by atoms with van der Waals surface area (Å²) in [5, 5.41) is 10.3. The SMILES string of the molecule is CN(CC1(O)CCCC1)c1cnc(N)cn1. The van der Waals surface area contributed by atoms with E-state index in [-0.39, 0.29) is 0 Å². The van der Waals surface area contributed by atoms with Gasteiger partial charge in [-0.25, -0.2) is 9.97 Å². The molecule has 5 nitrogen and oxygen atoms in total. The summed E-state index contributed by atoms with van der Waals surface area (Å²) < 4.78 is 0. The zero-order valence-electron chi connectivity index (χ0n) is 9.56. The Kier molecular flexibility index (Phi) is 2.96. The van der Waals surface area contributed by atoms with Crippen molar-refractivity contribution in [1.82, 2.24) is 9.97 Å². The minimum Gasteiger partial charge on any atom is -0.388 e. The molecule has 1 saturated carbocycles. The normalized spacial score (nSPS) is 18.6. The predicted molar refractivity (Wildman–Crippen MR) is 63.1 cm³/mol. The Morgan fingerprint density at radius 2 is 2.06 bits per heavy atom. The lowest BCUT2D eigenvalue weighted by molar-refractivity contribution is 0.0558. The van der Waals surface area contributed by atoms with Crippen molar-refractivity contribution in [1.29, 1.82) is 0 Å². The van der Waals surface area contributed by atoms with E-state index in [0.717, 1.165) is 31.5 Å². The van der Waals surface area contributed by atoms with Crippen molar-refractivity contribution >= 4 is 11.6 Å². The molecule has 1 fully saturated rings. The highest BCUT2D eigenvalue weighted by Crippen LogP contribution is 2.30. The lowest BCUT2D eigenvalue weighted by Crippen LogP contribution is -2.39. The monoisotopic (exact) mass is 222 g/mol. The molecule has 0 atom stereocenters. The van der Waals surface area contributed by atoms with Gasteiger partial charge in [-0.15, -0.1) is 0 Å². The second-order valence-electron chi connectivity index (χ2n) is 4.59. The van der Waals surface area contributed by atoms with Crippen molar-refractivity contribution in [2.75, 3.05) is 24.2 Å². The Bertz CT molecular complexity index is 346. The van der Waals surface area contributed by atoms with E-state index in [1.807, 2.05) is 11.9 Å². The van der Waals surface area contributed by atoms with Crippen LogP contribution in [0.4, 0.5) is 11.6 Å². The van der Waals surface area contributed by atoms with Gasteiger partial charge in [-0.2, -0.15) is 0 Å². The molecule has 0 amide bonds. The van der Waals surface area contributed by atoms with Gasteiger partial charge in [0.15, 0.2) is 0 Å². The van der Waals surface area contributed by atoms with Crippen LogP contribution < -0.4 is 10.6 Å². The third-order valence-corrected chi connectivity index (χ3v) is 3.12. The molecule has 88 valence electrons. The van der Waals surface area contributed by atoms with Crippen LogP contribution in [0.5, 0.6) is 0 Å². The Morgan fingerprint density at radius 3 is 2.62 bits per heavy atom. The summed E-state index contributed by atoms with van der Waals surface area (Å²) in [6.45, 7) is 0.603. The fraction of sp³-hybridized carbons (Fsp3) is 0.636. The van der Waals surface area contributed by atoms with Crippen LogP contribution in [0.3, 0.4) is 0 Å². The Morgan fingerprint density at radius 1 is 1.38 bits per heavy atom. The first-order valence-corrected chi connectivity index (χ1v) is 5.60. The molecular formula is C11H18N4O. The number of aromatic nitrogens is 2. The zero-order chi connectivity index (χ0) is 11.6. The molecular weight excluding hydrogens is 204 g/mol. The van der Waals surface area contributed by atoms with Gasteiger partial charge in [0, 0.05) is 13.6 Å². The summed E-state index contributed by atoms with van der Waals surface area (Å²) in [6, 6.07) is 0. The van der Waals surface area contributed by atoms with Crippen LogP contribution >= 0.6 is 0 Å². The van der Waals surface area contributed by atoms with E-state index in [1.54, 1.807) is 6.20 Å². The summed E-state index contributed by atoms with van der Waals surface area (Å²) in [4.78, 5) is 10.1. The van der Waals surface area contributed by atoms with Crippen LogP contribution in [-0.2, 0) is 0 Å². The largest absolute Gasteiger partial charge is 0.388 e. The molecule has 16 heavy (non-hydrogen) atoms. The van der Waals surface area contributed by atoms with E-state index in [1.165, 1.54) is 6.20 Å². The summed E-state index contributed by atoms with van der Waals surface area (Å²) in [6.07, 6.45) is 7.13. The molecule has 1 aromatic rings. The molecule has 1 aliphatic carbocycles. The molecule has 0 aliphatic heterocycles. The summed E-state index contributed by atoms with van der Waals surface area (Å²) >= 11 is 0. The average molecular weight is 222 g/mol. The molecule has 5 heteroatoms. The van der Waals surface area contributed by atoms with Gasteiger partial charge in [-0.05, 0) is 12.8 Å². The topological polar surface area (TPSA) is 75.3 Å². The minimum absolute atomic E-state index is 0.414. The molecule has 0 aromatic carbocycles. The fourth-order valence-electron chi connectivity index (χ4n) is 2.24. The third-order valence-electron chi connectivity index (χ3n) is 3.12. The average Bonchev–Trinajstić information content (AvgIpc) is 2.65. The maximum Gasteiger partial charge on any atom is 0.147 e. The molecule has 0 radical (unpaired) electrons. The number of rotatable bonds is 3. The molecule has 0 unspecified atom stereocenters. The maximum absolute atomic E-state index is 10.3. The molecule has 1 heterocycles. The van der Waals surface area contributed by atoms with E-state index in [4.69, 9.17) is 5.73 Å². The standard InChI is InChI=1S/C11H18N4O/c1-15(8-11(16)4-2-3-5-11)10-7-13-9(12)6-14-10/h6-7,16H,2-5,8H2,1H3,(H2,12,13). The quantitative estimate of drug-likeness (QED) is 0.791. The van der Waals surface area contributed by atoms with E-state index in [9.17, 15) is 5.11 Å². The molecule has 3 N–H and O–H groups in total. The third kappa shape index (κ3) is 2.41. The smallest absolute Gasteiger partial charge is 0.147 e. The van der Waals surface area contributed by atoms with Gasteiger partial charge in [0.05, 0.1) is 18.0 Å². The highest BCUT2D eigenvalue weighted by atomic mass is 16.3. The van der Waals surface area contributed by atoms with E-state index < -0.39 is 5.60 Å². The predicted octanol–water partition coefficient (Wildman–Crippen LogP) is 0.800. The molecule has 1 aliphatic rings. The van der Waals surface area contributed by atoms with Gasteiger partial charge in [-0.1, -0.05) is 12.8 Å². The van der Waals surface area contributed by atoms with Crippen LogP contribution in [0.1, 0.15) is 25.7 Å². The summed E-state index contributed by atoms with van der Waals surface area (Å²) in [7, 11) is 1.91. The lowest BCUT2D eigenvalue weighted by Gasteiger charge is -2.29. The van der Waals surface area contributed by atoms with Crippen molar-refractivity contribution in [3.05, 3.63) is 12.4 Å². The molecule has 2 rings (SSSR count). The first-order valence-electron chi connectivity index (χ1n) is 5.60. The molecule has 1 aromatic heterocycles. The van der Waals surface area contributed by atoms with Gasteiger partial charge < -0.3 is 15.7 Å². The van der Waals surface area contributed by atoms with E-state index in [0.29, 0.717) is 12.4 Å². The van der Waals surface area contributed by atoms with Gasteiger partial charge in [-0.3, -0.25) is 0 Å². The number of nitrogens with zero attached hydrogens (tertiary/aromatic N) is 3. The maximum atomic E-state index is 10.3. The number of hydrogen-bond acceptors (Lipinski definition) is 5. The highest BCUT2D eigenvalue weighted by molar-refractivity contribution is 5.38. The van der Waals surface area contributed by atoms with Crippen LogP contribution in [0, 0.1) is 0 Å². The van der Waals surface area contributed by atoms with Crippen molar-refractivity contribution in [3.8, 4) is 0 Å². The Hall–Kier alpha value is -1.36. The van der Waals surface area contributed by atoms with Crippen molar-refractivity contribution < 1.29 is 5.11 Å². The van der Waals surface area contributed by atoms with Crippen molar-refractivity contribution in [3.63, 3.8) is 0 Å². The second kappa shape index (κ2) is 4.25. The van der Waals surface area contributed by atoms with Crippen LogP contribution in [0.15, 0.2) is 12.4 Å². The molecule has 0 saturated heterocycles. The van der Waals surface area contributed by atoms with Crippen molar-refractivity contribution in [2.24, 2.45) is 0 Å². The van der Waals surface area contributed by atoms with Crippen LogP contribution in [0.25, 0.3) is 0 Å². The summed E-state index contributed by atoms with van der Waals surface area (Å²) in [5.74, 6) is 1.16. The number of nitrogen functional groups attached to an aromatic ring is 1. The van der Waals surface area contributed by atoms with Crippen LogP contribution in [-0.4, -0.2) is 34.3 Å². The highest BCUT2D eigenvalue weighted by Gasteiger charge is 2.32. The number of nitrogens with two attached hydrogens (primary N) is 1. The van der Waals surface area contributed by atoms with Gasteiger partial charge in [0.2, 0.25) is 0 Å². The van der Waals surface area contributed by atoms with Gasteiger partial charge in [0.25, 0.3) is 0 Å². The Labute approximate surface area is 95.3 Å². The summed E-state index contributed by atoms with van der Waals surface area (Å²) in [5.41, 5.74) is 4.92. The minimum atomic E-state index is -0.558. The zero-order valence-corrected chi connectivity index (χ0v) is 9.56. The van der Waals surface area contributed by atoms with Gasteiger partial charge in [0.1, 0.15) is 11.6 Å². The lowest BCUT2D eigenvalue weighted by atomic mass is 10.0. The number of anilines is 2. The number of hydrogen-bond donors (Lipinski definition) is 2. The fourth-order valence-corrected chi connectivity index (χ4v) is 2.24. The van der Waals surface area contributed by atoms with Gasteiger partial charge >= 0.3 is 0 Å². The first kappa shape index (κ1) is 11.1. The van der Waals surface area contributed by atoms with Crippen LogP contribution in [0.2, 0.25) is 0 Å². The first-order chi connectivity index (χ1) is 7.59. The molecule has 0 bridgehead atoms. The number of aliphatic hydroxyl groups is 1. The van der Waals surface area contributed by atoms with Crippen molar-refractivity contribution in [2.45, 2.75) is 31.3 Å². The second-order valence-corrected chi connectivity index (χ2v) is 4.59. The molecule has 0 spiro atoms.